The van der Waals surface area contributed by atoms with Crippen molar-refractivity contribution >= 4 is 11.8 Å². The molecule has 0 amide bonds. The van der Waals surface area contributed by atoms with Crippen molar-refractivity contribution in [2.24, 2.45) is 5.73 Å². The zero-order chi connectivity index (χ0) is 17.3. The van der Waals surface area contributed by atoms with Gasteiger partial charge in [0.2, 0.25) is 0 Å². The summed E-state index contributed by atoms with van der Waals surface area (Å²) >= 11 is 1.88. The number of hydrogen-bond donors (Lipinski definition) is 1. The third kappa shape index (κ3) is 4.78. The molecule has 2 aromatic rings. The van der Waals surface area contributed by atoms with Crippen LogP contribution in [0.1, 0.15) is 45.1 Å². The van der Waals surface area contributed by atoms with Crippen LogP contribution in [-0.4, -0.2) is 12.3 Å². The van der Waals surface area contributed by atoms with Crippen molar-refractivity contribution in [3.8, 4) is 5.75 Å². The van der Waals surface area contributed by atoms with E-state index >= 15 is 0 Å². The SMILES string of the molecule is CCCCSc1ccccc1OC(CC)(CCN)c1ccccc1. The predicted molar refractivity (Wildman–Crippen MR) is 105 cm³/mol. The molecule has 0 aromatic heterocycles. The molecule has 0 fully saturated rings. The van der Waals surface area contributed by atoms with Crippen LogP contribution in [0.3, 0.4) is 0 Å². The van der Waals surface area contributed by atoms with Gasteiger partial charge in [0.25, 0.3) is 0 Å². The Hall–Kier alpha value is -1.45. The lowest BCUT2D eigenvalue weighted by molar-refractivity contribution is 0.0515. The molecule has 0 saturated carbocycles. The molecule has 0 spiro atoms. The van der Waals surface area contributed by atoms with Gasteiger partial charge in [0.1, 0.15) is 11.4 Å². The lowest BCUT2D eigenvalue weighted by atomic mass is 9.87. The summed E-state index contributed by atoms with van der Waals surface area (Å²) in [5.74, 6) is 2.09. The molecule has 1 unspecified atom stereocenters. The summed E-state index contributed by atoms with van der Waals surface area (Å²) in [5.41, 5.74) is 6.77. The van der Waals surface area contributed by atoms with Crippen molar-refractivity contribution in [1.29, 1.82) is 0 Å². The maximum absolute atomic E-state index is 6.64. The van der Waals surface area contributed by atoms with Gasteiger partial charge in [-0.25, -0.2) is 0 Å². The Bertz CT molecular complexity index is 602. The van der Waals surface area contributed by atoms with Gasteiger partial charge in [0.05, 0.1) is 0 Å². The van der Waals surface area contributed by atoms with E-state index in [1.54, 1.807) is 0 Å². The first kappa shape index (κ1) is 18.9. The molecular weight excluding hydrogens is 314 g/mol. The molecule has 0 radical (unpaired) electrons. The van der Waals surface area contributed by atoms with Crippen LogP contribution in [0.25, 0.3) is 0 Å². The van der Waals surface area contributed by atoms with E-state index in [1.165, 1.54) is 23.3 Å². The number of thioether (sulfide) groups is 1. The van der Waals surface area contributed by atoms with E-state index in [0.29, 0.717) is 6.54 Å². The molecule has 0 saturated heterocycles. The summed E-state index contributed by atoms with van der Waals surface area (Å²) < 4.78 is 6.64. The molecule has 0 aliphatic heterocycles. The van der Waals surface area contributed by atoms with Gasteiger partial charge in [0.15, 0.2) is 0 Å². The van der Waals surface area contributed by atoms with Crippen molar-refractivity contribution in [1.82, 2.24) is 0 Å². The maximum Gasteiger partial charge on any atom is 0.135 e. The van der Waals surface area contributed by atoms with Gasteiger partial charge >= 0.3 is 0 Å². The van der Waals surface area contributed by atoms with Crippen LogP contribution in [0.15, 0.2) is 59.5 Å². The molecule has 0 bridgehead atoms. The number of para-hydroxylation sites is 1. The first-order chi connectivity index (χ1) is 11.8. The summed E-state index contributed by atoms with van der Waals surface area (Å²) in [7, 11) is 0. The lowest BCUT2D eigenvalue weighted by Gasteiger charge is -2.34. The number of nitrogens with two attached hydrogens (primary N) is 1. The minimum Gasteiger partial charge on any atom is -0.481 e. The van der Waals surface area contributed by atoms with Crippen molar-refractivity contribution in [3.63, 3.8) is 0 Å². The van der Waals surface area contributed by atoms with E-state index < -0.39 is 0 Å². The highest BCUT2D eigenvalue weighted by molar-refractivity contribution is 7.99. The number of benzene rings is 2. The molecule has 2 N–H and O–H groups in total. The number of ether oxygens (including phenoxy) is 1. The fourth-order valence-electron chi connectivity index (χ4n) is 2.87. The van der Waals surface area contributed by atoms with Gasteiger partial charge in [-0.15, -0.1) is 11.8 Å². The Morgan fingerprint density at radius 1 is 1.00 bits per heavy atom. The molecule has 0 aliphatic carbocycles. The van der Waals surface area contributed by atoms with Crippen molar-refractivity contribution in [2.75, 3.05) is 12.3 Å². The van der Waals surface area contributed by atoms with Gasteiger partial charge in [0, 0.05) is 11.3 Å². The van der Waals surface area contributed by atoms with Gasteiger partial charge in [-0.2, -0.15) is 0 Å². The summed E-state index contributed by atoms with van der Waals surface area (Å²) in [4.78, 5) is 1.22. The molecule has 130 valence electrons. The number of hydrogen-bond acceptors (Lipinski definition) is 3. The van der Waals surface area contributed by atoms with E-state index in [9.17, 15) is 0 Å². The molecule has 1 atom stereocenters. The minimum atomic E-state index is -0.364. The van der Waals surface area contributed by atoms with E-state index in [1.807, 2.05) is 23.9 Å². The van der Waals surface area contributed by atoms with E-state index in [0.717, 1.165) is 24.3 Å². The van der Waals surface area contributed by atoms with Crippen LogP contribution in [0, 0.1) is 0 Å². The topological polar surface area (TPSA) is 35.2 Å². The van der Waals surface area contributed by atoms with Crippen LogP contribution in [0.5, 0.6) is 5.75 Å². The summed E-state index contributed by atoms with van der Waals surface area (Å²) in [6, 6.07) is 18.8. The monoisotopic (exact) mass is 343 g/mol. The number of unbranched alkanes of at least 4 members (excludes halogenated alkanes) is 1. The summed E-state index contributed by atoms with van der Waals surface area (Å²) in [6.07, 6.45) is 4.13. The van der Waals surface area contributed by atoms with E-state index in [2.05, 4.69) is 56.3 Å². The van der Waals surface area contributed by atoms with Crippen LogP contribution in [0.2, 0.25) is 0 Å². The van der Waals surface area contributed by atoms with E-state index in [-0.39, 0.29) is 5.60 Å². The minimum absolute atomic E-state index is 0.364. The average molecular weight is 344 g/mol. The smallest absolute Gasteiger partial charge is 0.135 e. The highest BCUT2D eigenvalue weighted by atomic mass is 32.2. The highest BCUT2D eigenvalue weighted by Gasteiger charge is 2.32. The number of rotatable bonds is 10. The van der Waals surface area contributed by atoms with Crippen LogP contribution in [-0.2, 0) is 5.60 Å². The second-order valence-electron chi connectivity index (χ2n) is 6.00. The first-order valence-electron chi connectivity index (χ1n) is 8.92. The molecular formula is C21H29NOS. The third-order valence-electron chi connectivity index (χ3n) is 4.33. The zero-order valence-corrected chi connectivity index (χ0v) is 15.6. The van der Waals surface area contributed by atoms with Gasteiger partial charge in [-0.1, -0.05) is 62.7 Å². The Morgan fingerprint density at radius 3 is 2.38 bits per heavy atom. The van der Waals surface area contributed by atoms with Gasteiger partial charge in [-0.05, 0) is 42.8 Å². The fourth-order valence-corrected chi connectivity index (χ4v) is 3.95. The lowest BCUT2D eigenvalue weighted by Crippen LogP contribution is -2.35. The fraction of sp³-hybridized carbons (Fsp3) is 0.429. The molecule has 2 aromatic carbocycles. The second-order valence-corrected chi connectivity index (χ2v) is 7.14. The Labute approximate surface area is 150 Å². The standard InChI is InChI=1S/C21H29NOS/c1-3-5-17-24-20-14-10-9-13-19(20)23-21(4-2,15-16-22)18-11-7-6-8-12-18/h6-14H,3-5,15-17,22H2,1-2H3. The average Bonchev–Trinajstić information content (AvgIpc) is 2.63. The zero-order valence-electron chi connectivity index (χ0n) is 14.8. The normalized spacial score (nSPS) is 13.5. The summed E-state index contributed by atoms with van der Waals surface area (Å²) in [5, 5.41) is 0. The molecule has 0 heterocycles. The van der Waals surface area contributed by atoms with Crippen LogP contribution >= 0.6 is 11.8 Å². The van der Waals surface area contributed by atoms with Crippen molar-refractivity contribution < 1.29 is 4.74 Å². The third-order valence-corrected chi connectivity index (χ3v) is 5.47. The highest BCUT2D eigenvalue weighted by Crippen LogP contribution is 2.38. The van der Waals surface area contributed by atoms with Gasteiger partial charge < -0.3 is 10.5 Å². The van der Waals surface area contributed by atoms with Crippen LogP contribution in [0.4, 0.5) is 0 Å². The Kier molecular flexibility index (Phi) is 7.67. The molecule has 3 heteroatoms. The quantitative estimate of drug-likeness (QED) is 0.450. The van der Waals surface area contributed by atoms with Crippen molar-refractivity contribution in [2.45, 2.75) is 50.0 Å². The molecule has 24 heavy (non-hydrogen) atoms. The predicted octanol–water partition coefficient (Wildman–Crippen LogP) is 5.61. The van der Waals surface area contributed by atoms with Gasteiger partial charge in [-0.3, -0.25) is 0 Å². The molecule has 2 rings (SSSR count). The van der Waals surface area contributed by atoms with E-state index in [4.69, 9.17) is 10.5 Å². The Morgan fingerprint density at radius 2 is 1.71 bits per heavy atom. The second kappa shape index (κ2) is 9.75. The largest absolute Gasteiger partial charge is 0.481 e. The van der Waals surface area contributed by atoms with Crippen LogP contribution < -0.4 is 10.5 Å². The van der Waals surface area contributed by atoms with Crippen molar-refractivity contribution in [3.05, 3.63) is 60.2 Å². The summed E-state index contributed by atoms with van der Waals surface area (Å²) in [6.45, 7) is 5.01. The maximum atomic E-state index is 6.64. The molecule has 2 nitrogen and oxygen atoms in total. The molecule has 0 aliphatic rings. The Balaban J connectivity index is 2.30. The first-order valence-corrected chi connectivity index (χ1v) is 9.90.